The van der Waals surface area contributed by atoms with Gasteiger partial charge in [0.05, 0.1) is 17.1 Å². The Morgan fingerprint density at radius 3 is 2.85 bits per heavy atom. The predicted molar refractivity (Wildman–Crippen MR) is 78.8 cm³/mol. The Balaban J connectivity index is 1.98. The second-order valence-corrected chi connectivity index (χ2v) is 6.23. The fourth-order valence-electron chi connectivity index (χ4n) is 2.27. The van der Waals surface area contributed by atoms with Crippen molar-refractivity contribution in [2.75, 3.05) is 6.54 Å². The van der Waals surface area contributed by atoms with Crippen molar-refractivity contribution in [1.29, 1.82) is 0 Å². The molecule has 0 aliphatic heterocycles. The maximum absolute atomic E-state index is 10.8. The Bertz CT molecular complexity index is 507. The number of rotatable bonds is 5. The Morgan fingerprint density at radius 1 is 1.60 bits per heavy atom. The third-order valence-electron chi connectivity index (χ3n) is 3.33. The molecule has 1 aliphatic carbocycles. The van der Waals surface area contributed by atoms with E-state index in [1.165, 1.54) is 5.56 Å². The van der Waals surface area contributed by atoms with E-state index < -0.39 is 6.03 Å². The van der Waals surface area contributed by atoms with Gasteiger partial charge >= 0.3 is 6.03 Å². The number of amides is 2. The van der Waals surface area contributed by atoms with E-state index in [4.69, 9.17) is 10.5 Å². The van der Waals surface area contributed by atoms with E-state index >= 15 is 0 Å². The highest BCUT2D eigenvalue weighted by Gasteiger charge is 2.40. The summed E-state index contributed by atoms with van der Waals surface area (Å²) in [5.74, 6) is 1.44. The normalized spacial score (nSPS) is 20.9. The Labute approximate surface area is 126 Å². The highest BCUT2D eigenvalue weighted by atomic mass is 79.9. The first kappa shape index (κ1) is 15.1. The van der Waals surface area contributed by atoms with Gasteiger partial charge in [0, 0.05) is 0 Å². The maximum atomic E-state index is 10.8. The molecule has 6 heteroatoms. The third-order valence-corrected chi connectivity index (χ3v) is 3.95. The minimum absolute atomic E-state index is 0.129. The van der Waals surface area contributed by atoms with Crippen LogP contribution in [0.1, 0.15) is 31.7 Å². The zero-order valence-corrected chi connectivity index (χ0v) is 13.1. The van der Waals surface area contributed by atoms with Crippen LogP contribution >= 0.6 is 15.9 Å². The molecule has 3 N–H and O–H groups in total. The number of carbonyl (C=O) groups is 1. The van der Waals surface area contributed by atoms with Gasteiger partial charge in [0.15, 0.2) is 0 Å². The van der Waals surface area contributed by atoms with Crippen molar-refractivity contribution in [2.24, 2.45) is 11.7 Å². The fraction of sp³-hybridized carbons (Fsp3) is 0.500. The lowest BCUT2D eigenvalue weighted by Gasteiger charge is -2.13. The first-order valence-corrected chi connectivity index (χ1v) is 7.39. The summed E-state index contributed by atoms with van der Waals surface area (Å²) in [7, 11) is 0. The van der Waals surface area contributed by atoms with Crippen molar-refractivity contribution in [3.63, 3.8) is 0 Å². The molecule has 5 nitrogen and oxygen atoms in total. The zero-order valence-electron chi connectivity index (χ0n) is 11.5. The van der Waals surface area contributed by atoms with Crippen LogP contribution < -0.4 is 10.5 Å². The molecule has 1 fully saturated rings. The zero-order chi connectivity index (χ0) is 14.9. The van der Waals surface area contributed by atoms with E-state index in [1.807, 2.05) is 32.0 Å². The number of primary amides is 1. The number of hydrogen-bond donors (Lipinski definition) is 2. The maximum Gasteiger partial charge on any atom is 0.338 e. The molecule has 0 heterocycles. The van der Waals surface area contributed by atoms with Gasteiger partial charge in [0.1, 0.15) is 5.75 Å². The summed E-state index contributed by atoms with van der Waals surface area (Å²) < 4.78 is 6.59. The van der Waals surface area contributed by atoms with E-state index in [0.717, 1.165) is 16.6 Å². The topological polar surface area (TPSA) is 75.8 Å². The molecule has 2 unspecified atom stereocenters. The second-order valence-electron chi connectivity index (χ2n) is 5.38. The van der Waals surface area contributed by atoms with Gasteiger partial charge in [-0.2, -0.15) is 0 Å². The number of ether oxygens (including phenoxy) is 1. The highest BCUT2D eigenvalue weighted by Crippen LogP contribution is 2.48. The van der Waals surface area contributed by atoms with E-state index in [1.54, 1.807) is 0 Å². The van der Waals surface area contributed by atoms with Crippen molar-refractivity contribution < 1.29 is 14.7 Å². The number of hydroxylamine groups is 2. The van der Waals surface area contributed by atoms with Crippen LogP contribution in [-0.4, -0.2) is 29.0 Å². The van der Waals surface area contributed by atoms with Crippen LogP contribution in [0.25, 0.3) is 0 Å². The van der Waals surface area contributed by atoms with Crippen molar-refractivity contribution >= 4 is 22.0 Å². The summed E-state index contributed by atoms with van der Waals surface area (Å²) in [4.78, 5) is 10.8. The molecule has 2 atom stereocenters. The number of nitrogens with zero attached hydrogens (tertiary/aromatic N) is 1. The summed E-state index contributed by atoms with van der Waals surface area (Å²) in [5.41, 5.74) is 6.18. The summed E-state index contributed by atoms with van der Waals surface area (Å²) in [6.45, 7) is 4.25. The summed E-state index contributed by atoms with van der Waals surface area (Å²) >= 11 is 3.51. The smallest absolute Gasteiger partial charge is 0.338 e. The van der Waals surface area contributed by atoms with Crippen LogP contribution in [-0.2, 0) is 0 Å². The summed E-state index contributed by atoms with van der Waals surface area (Å²) in [6.07, 6.45) is 1.07. The van der Waals surface area contributed by atoms with Gasteiger partial charge in [-0.05, 0) is 65.7 Å². The van der Waals surface area contributed by atoms with Gasteiger partial charge in [-0.1, -0.05) is 6.07 Å². The first-order chi connectivity index (χ1) is 9.38. The molecule has 2 amide bonds. The van der Waals surface area contributed by atoms with Gasteiger partial charge in [-0.3, -0.25) is 5.21 Å². The van der Waals surface area contributed by atoms with Crippen molar-refractivity contribution in [1.82, 2.24) is 5.06 Å². The molecule has 0 saturated heterocycles. The van der Waals surface area contributed by atoms with Crippen LogP contribution in [0.3, 0.4) is 0 Å². The quantitative estimate of drug-likeness (QED) is 0.637. The van der Waals surface area contributed by atoms with Crippen molar-refractivity contribution in [3.05, 3.63) is 28.2 Å². The molecule has 1 saturated carbocycles. The van der Waals surface area contributed by atoms with E-state index in [2.05, 4.69) is 15.9 Å². The molecule has 0 radical (unpaired) electrons. The molecular weight excluding hydrogens is 324 g/mol. The number of nitrogens with two attached hydrogens (primary N) is 1. The van der Waals surface area contributed by atoms with Gasteiger partial charge in [-0.15, -0.1) is 0 Å². The van der Waals surface area contributed by atoms with Gasteiger partial charge in [0.2, 0.25) is 0 Å². The molecular formula is C14H19BrN2O3. The number of halogens is 1. The lowest BCUT2D eigenvalue weighted by atomic mass is 10.1. The van der Waals surface area contributed by atoms with Crippen molar-refractivity contribution in [2.45, 2.75) is 32.3 Å². The molecule has 1 aliphatic rings. The minimum Gasteiger partial charge on any atom is -0.490 e. The molecule has 2 rings (SSSR count). The molecule has 0 spiro atoms. The molecule has 1 aromatic rings. The predicted octanol–water partition coefficient (Wildman–Crippen LogP) is 3.11. The monoisotopic (exact) mass is 342 g/mol. The van der Waals surface area contributed by atoms with Crippen molar-refractivity contribution in [3.8, 4) is 5.75 Å². The summed E-state index contributed by atoms with van der Waals surface area (Å²) in [6, 6.07) is 5.20. The fourth-order valence-corrected chi connectivity index (χ4v) is 2.76. The highest BCUT2D eigenvalue weighted by molar-refractivity contribution is 9.10. The van der Waals surface area contributed by atoms with Crippen LogP contribution in [0.15, 0.2) is 22.7 Å². The third kappa shape index (κ3) is 3.64. The van der Waals surface area contributed by atoms with E-state index in [-0.39, 0.29) is 18.6 Å². The number of benzene rings is 1. The Hall–Kier alpha value is -1.27. The number of carbonyl (C=O) groups excluding carboxylic acids is 1. The van der Waals surface area contributed by atoms with Gasteiger partial charge < -0.3 is 10.5 Å². The van der Waals surface area contributed by atoms with Gasteiger partial charge in [0.25, 0.3) is 0 Å². The average Bonchev–Trinajstić information content (AvgIpc) is 3.10. The Morgan fingerprint density at radius 2 is 2.30 bits per heavy atom. The van der Waals surface area contributed by atoms with Crippen LogP contribution in [0.4, 0.5) is 4.79 Å². The first-order valence-electron chi connectivity index (χ1n) is 6.60. The van der Waals surface area contributed by atoms with E-state index in [9.17, 15) is 10.0 Å². The Kier molecular flexibility index (Phi) is 4.55. The standard InChI is InChI=1S/C14H19BrN2O3/c1-8(2)20-13-4-3-9(6-12(13)15)11-5-10(11)7-17(19)14(16)18/h3-4,6,8,10-11,19H,5,7H2,1-2H3,(H2,16,18). The molecule has 0 aromatic heterocycles. The molecule has 0 bridgehead atoms. The number of urea groups is 1. The van der Waals surface area contributed by atoms with Crippen LogP contribution in [0.2, 0.25) is 0 Å². The number of hydrogen-bond acceptors (Lipinski definition) is 3. The average molecular weight is 343 g/mol. The molecule has 1 aromatic carbocycles. The second kappa shape index (κ2) is 6.01. The largest absolute Gasteiger partial charge is 0.490 e. The van der Waals surface area contributed by atoms with Gasteiger partial charge in [-0.25, -0.2) is 9.86 Å². The lowest BCUT2D eigenvalue weighted by molar-refractivity contribution is -0.0431. The SMILES string of the molecule is CC(C)Oc1ccc(C2CC2CN(O)C(N)=O)cc1Br. The van der Waals surface area contributed by atoms with Crippen LogP contribution in [0.5, 0.6) is 5.75 Å². The lowest BCUT2D eigenvalue weighted by Crippen LogP contribution is -2.34. The molecule has 110 valence electrons. The van der Waals surface area contributed by atoms with E-state index in [0.29, 0.717) is 11.0 Å². The van der Waals surface area contributed by atoms with Crippen LogP contribution in [0, 0.1) is 5.92 Å². The summed E-state index contributed by atoms with van der Waals surface area (Å²) in [5, 5.41) is 9.91. The minimum atomic E-state index is -0.808. The molecule has 20 heavy (non-hydrogen) atoms.